The molecule has 2 saturated heterocycles. The van der Waals surface area contributed by atoms with Crippen molar-refractivity contribution in [2.45, 2.75) is 37.9 Å². The van der Waals surface area contributed by atoms with Crippen molar-refractivity contribution in [2.24, 2.45) is 5.92 Å². The molecule has 102 valence electrons. The van der Waals surface area contributed by atoms with Crippen molar-refractivity contribution in [3.8, 4) is 0 Å². The Morgan fingerprint density at radius 1 is 1.42 bits per heavy atom. The van der Waals surface area contributed by atoms with Gasteiger partial charge in [0.25, 0.3) is 0 Å². The molecule has 2 bridgehead atoms. The average Bonchev–Trinajstić information content (AvgIpc) is 3.03. The van der Waals surface area contributed by atoms with E-state index in [1.165, 1.54) is 6.42 Å². The fourth-order valence-electron chi connectivity index (χ4n) is 3.34. The van der Waals surface area contributed by atoms with E-state index in [-0.39, 0.29) is 11.8 Å². The Bertz CT molecular complexity index is 491. The van der Waals surface area contributed by atoms with Gasteiger partial charge in [-0.1, -0.05) is 34.1 Å². The van der Waals surface area contributed by atoms with Gasteiger partial charge in [0.05, 0.1) is 5.92 Å². The first-order valence-electron chi connectivity index (χ1n) is 6.89. The minimum atomic E-state index is 0.186. The van der Waals surface area contributed by atoms with Gasteiger partial charge in [0.15, 0.2) is 0 Å². The molecule has 2 aliphatic rings. The first-order chi connectivity index (χ1) is 9.15. The van der Waals surface area contributed by atoms with E-state index in [0.717, 1.165) is 22.9 Å². The molecule has 1 aromatic carbocycles. The molecule has 2 heterocycles. The molecule has 3 rings (SSSR count). The summed E-state index contributed by atoms with van der Waals surface area (Å²) in [5.74, 6) is 0.474. The Kier molecular flexibility index (Phi) is 3.63. The summed E-state index contributed by atoms with van der Waals surface area (Å²) < 4.78 is 1.07. The standard InChI is InChI=1S/C15H19BrN2O/c1-18(9-10-4-2-3-5-13(10)16)15(19)12-8-11-6-7-14(12)17-11/h2-5,11-12,14,17H,6-9H2,1H3. The maximum absolute atomic E-state index is 12.5. The van der Waals surface area contributed by atoms with E-state index in [1.54, 1.807) is 0 Å². The highest BCUT2D eigenvalue weighted by atomic mass is 79.9. The molecule has 0 radical (unpaired) electrons. The molecule has 2 aliphatic heterocycles. The Balaban J connectivity index is 1.66. The van der Waals surface area contributed by atoms with Gasteiger partial charge in [0.2, 0.25) is 5.91 Å². The zero-order valence-corrected chi connectivity index (χ0v) is 12.7. The first kappa shape index (κ1) is 13.1. The van der Waals surface area contributed by atoms with Crippen LogP contribution < -0.4 is 5.32 Å². The first-order valence-corrected chi connectivity index (χ1v) is 7.69. The second-order valence-corrected chi connectivity index (χ2v) is 6.53. The molecule has 2 fully saturated rings. The second kappa shape index (κ2) is 5.25. The average molecular weight is 323 g/mol. The van der Waals surface area contributed by atoms with Gasteiger partial charge >= 0.3 is 0 Å². The molecule has 0 spiro atoms. The number of halogens is 1. The highest BCUT2D eigenvalue weighted by Crippen LogP contribution is 2.34. The van der Waals surface area contributed by atoms with Crippen molar-refractivity contribution in [2.75, 3.05) is 7.05 Å². The molecule has 0 aromatic heterocycles. The maximum Gasteiger partial charge on any atom is 0.227 e. The minimum absolute atomic E-state index is 0.186. The molecular weight excluding hydrogens is 304 g/mol. The maximum atomic E-state index is 12.5. The van der Waals surface area contributed by atoms with Crippen LogP contribution >= 0.6 is 15.9 Å². The largest absolute Gasteiger partial charge is 0.341 e. The normalized spacial score (nSPS) is 28.6. The van der Waals surface area contributed by atoms with Gasteiger partial charge < -0.3 is 10.2 Å². The smallest absolute Gasteiger partial charge is 0.227 e. The van der Waals surface area contributed by atoms with E-state index in [1.807, 2.05) is 30.1 Å². The molecular formula is C15H19BrN2O. The number of carbonyl (C=O) groups is 1. The van der Waals surface area contributed by atoms with Crippen molar-refractivity contribution < 1.29 is 4.79 Å². The number of rotatable bonds is 3. The number of carbonyl (C=O) groups excluding carboxylic acids is 1. The van der Waals surface area contributed by atoms with Crippen LogP contribution in [0.15, 0.2) is 28.7 Å². The Morgan fingerprint density at radius 3 is 2.84 bits per heavy atom. The highest BCUT2D eigenvalue weighted by molar-refractivity contribution is 9.10. The van der Waals surface area contributed by atoms with Gasteiger partial charge in [0, 0.05) is 30.1 Å². The van der Waals surface area contributed by atoms with Gasteiger partial charge in [-0.3, -0.25) is 4.79 Å². The lowest BCUT2D eigenvalue weighted by atomic mass is 9.88. The number of benzene rings is 1. The van der Waals surface area contributed by atoms with E-state index >= 15 is 0 Å². The predicted molar refractivity (Wildman–Crippen MR) is 78.7 cm³/mol. The minimum Gasteiger partial charge on any atom is -0.341 e. The zero-order chi connectivity index (χ0) is 13.4. The molecule has 1 N–H and O–H groups in total. The van der Waals surface area contributed by atoms with Crippen LogP contribution in [0.25, 0.3) is 0 Å². The summed E-state index contributed by atoms with van der Waals surface area (Å²) in [6, 6.07) is 9.09. The quantitative estimate of drug-likeness (QED) is 0.927. The molecule has 19 heavy (non-hydrogen) atoms. The van der Waals surface area contributed by atoms with E-state index < -0.39 is 0 Å². The lowest BCUT2D eigenvalue weighted by Crippen LogP contribution is -2.38. The number of fused-ring (bicyclic) bond motifs is 2. The Hall–Kier alpha value is -0.870. The van der Waals surface area contributed by atoms with Gasteiger partial charge in [-0.05, 0) is 30.9 Å². The number of hydrogen-bond donors (Lipinski definition) is 1. The summed E-state index contributed by atoms with van der Waals surface area (Å²) in [5, 5.41) is 3.53. The van der Waals surface area contributed by atoms with E-state index in [4.69, 9.17) is 0 Å². The molecule has 0 saturated carbocycles. The molecule has 0 aliphatic carbocycles. The van der Waals surface area contributed by atoms with Crippen LogP contribution in [0.1, 0.15) is 24.8 Å². The monoisotopic (exact) mass is 322 g/mol. The zero-order valence-electron chi connectivity index (χ0n) is 11.1. The van der Waals surface area contributed by atoms with Crippen LogP contribution in [0, 0.1) is 5.92 Å². The second-order valence-electron chi connectivity index (χ2n) is 5.68. The fourth-order valence-corrected chi connectivity index (χ4v) is 3.75. The molecule has 3 unspecified atom stereocenters. The van der Waals surface area contributed by atoms with Crippen molar-refractivity contribution in [1.29, 1.82) is 0 Å². The van der Waals surface area contributed by atoms with Crippen LogP contribution in [0.3, 0.4) is 0 Å². The van der Waals surface area contributed by atoms with E-state index in [2.05, 4.69) is 27.3 Å². The Labute approximate surface area is 122 Å². The number of hydrogen-bond acceptors (Lipinski definition) is 2. The predicted octanol–water partition coefficient (Wildman–Crippen LogP) is 2.55. The summed E-state index contributed by atoms with van der Waals surface area (Å²) >= 11 is 3.54. The SMILES string of the molecule is CN(Cc1ccccc1Br)C(=O)C1CC2CCC1N2. The molecule has 1 amide bonds. The summed E-state index contributed by atoms with van der Waals surface area (Å²) in [5.41, 5.74) is 1.16. The third-order valence-corrected chi connectivity index (χ3v) is 5.13. The summed E-state index contributed by atoms with van der Waals surface area (Å²) in [6.45, 7) is 0.675. The number of nitrogens with zero attached hydrogens (tertiary/aromatic N) is 1. The van der Waals surface area contributed by atoms with Crippen molar-refractivity contribution in [3.05, 3.63) is 34.3 Å². The van der Waals surface area contributed by atoms with E-state index in [9.17, 15) is 4.79 Å². The number of nitrogens with one attached hydrogen (secondary N) is 1. The Morgan fingerprint density at radius 2 is 2.21 bits per heavy atom. The van der Waals surface area contributed by atoms with Gasteiger partial charge in [-0.15, -0.1) is 0 Å². The van der Waals surface area contributed by atoms with Gasteiger partial charge in [-0.25, -0.2) is 0 Å². The summed E-state index contributed by atoms with van der Waals surface area (Å²) in [4.78, 5) is 14.4. The molecule has 4 heteroatoms. The van der Waals surface area contributed by atoms with Crippen molar-refractivity contribution in [1.82, 2.24) is 10.2 Å². The van der Waals surface area contributed by atoms with Crippen LogP contribution in [0.5, 0.6) is 0 Å². The van der Waals surface area contributed by atoms with Gasteiger partial charge in [0.1, 0.15) is 0 Å². The van der Waals surface area contributed by atoms with Crippen LogP contribution in [0.2, 0.25) is 0 Å². The lowest BCUT2D eigenvalue weighted by Gasteiger charge is -2.26. The van der Waals surface area contributed by atoms with Crippen molar-refractivity contribution >= 4 is 21.8 Å². The molecule has 1 aromatic rings. The van der Waals surface area contributed by atoms with Crippen LogP contribution in [0.4, 0.5) is 0 Å². The third-order valence-electron chi connectivity index (χ3n) is 4.36. The van der Waals surface area contributed by atoms with E-state index in [0.29, 0.717) is 18.6 Å². The number of amides is 1. The third kappa shape index (κ3) is 2.56. The lowest BCUT2D eigenvalue weighted by molar-refractivity contribution is -0.135. The topological polar surface area (TPSA) is 32.3 Å². The summed E-state index contributed by atoms with van der Waals surface area (Å²) in [7, 11) is 1.91. The summed E-state index contributed by atoms with van der Waals surface area (Å²) in [6.07, 6.45) is 3.41. The fraction of sp³-hybridized carbons (Fsp3) is 0.533. The van der Waals surface area contributed by atoms with Gasteiger partial charge in [-0.2, -0.15) is 0 Å². The van der Waals surface area contributed by atoms with Crippen LogP contribution in [-0.4, -0.2) is 29.9 Å². The molecule has 3 atom stereocenters. The molecule has 3 nitrogen and oxygen atoms in total. The van der Waals surface area contributed by atoms with Crippen LogP contribution in [-0.2, 0) is 11.3 Å². The van der Waals surface area contributed by atoms with Crippen molar-refractivity contribution in [3.63, 3.8) is 0 Å². The highest BCUT2D eigenvalue weighted by Gasteiger charge is 2.43.